The molecule has 0 aliphatic carbocycles. The summed E-state index contributed by atoms with van der Waals surface area (Å²) >= 11 is 0. The highest BCUT2D eigenvalue weighted by Crippen LogP contribution is 2.15. The van der Waals surface area contributed by atoms with Gasteiger partial charge < -0.3 is 5.32 Å². The molecule has 1 N–H and O–H groups in total. The fourth-order valence-electron chi connectivity index (χ4n) is 1.52. The van der Waals surface area contributed by atoms with E-state index in [1.54, 1.807) is 0 Å². The molecule has 0 aromatic carbocycles. The molecule has 1 unspecified atom stereocenters. The average Bonchev–Trinajstić information content (AvgIpc) is 2.03. The van der Waals surface area contributed by atoms with Gasteiger partial charge in [0, 0.05) is 0 Å². The Morgan fingerprint density at radius 1 is 1.60 bits per heavy atom. The summed E-state index contributed by atoms with van der Waals surface area (Å²) in [4.78, 5) is 0. The SMILES string of the molecule is C=CCCC1CCCNC1. The normalized spacial score (nSPS) is 26.2. The Balaban J connectivity index is 2.07. The summed E-state index contributed by atoms with van der Waals surface area (Å²) in [6.45, 7) is 6.18. The molecule has 1 heterocycles. The summed E-state index contributed by atoms with van der Waals surface area (Å²) in [6.07, 6.45) is 7.32. The Morgan fingerprint density at radius 3 is 3.10 bits per heavy atom. The highest BCUT2D eigenvalue weighted by molar-refractivity contribution is 4.73. The maximum Gasteiger partial charge on any atom is -0.00204 e. The van der Waals surface area contributed by atoms with Crippen LogP contribution in [0.25, 0.3) is 0 Å². The summed E-state index contributed by atoms with van der Waals surface area (Å²) in [5, 5.41) is 3.41. The first-order valence-electron chi connectivity index (χ1n) is 4.25. The highest BCUT2D eigenvalue weighted by atomic mass is 14.9. The number of hydrogen-bond acceptors (Lipinski definition) is 1. The van der Waals surface area contributed by atoms with Crippen LogP contribution in [0.1, 0.15) is 25.7 Å². The van der Waals surface area contributed by atoms with Gasteiger partial charge in [-0.2, -0.15) is 0 Å². The fraction of sp³-hybridized carbons (Fsp3) is 0.778. The van der Waals surface area contributed by atoms with Crippen LogP contribution in [0.2, 0.25) is 0 Å². The van der Waals surface area contributed by atoms with E-state index in [1.807, 2.05) is 6.08 Å². The molecule has 10 heavy (non-hydrogen) atoms. The van der Waals surface area contributed by atoms with Gasteiger partial charge >= 0.3 is 0 Å². The van der Waals surface area contributed by atoms with Crippen molar-refractivity contribution >= 4 is 0 Å². The molecular formula is C9H17N. The topological polar surface area (TPSA) is 12.0 Å². The van der Waals surface area contributed by atoms with Gasteiger partial charge in [0.25, 0.3) is 0 Å². The third kappa shape index (κ3) is 2.53. The zero-order valence-corrected chi connectivity index (χ0v) is 6.60. The predicted molar refractivity (Wildman–Crippen MR) is 45.0 cm³/mol. The van der Waals surface area contributed by atoms with Crippen molar-refractivity contribution in [1.82, 2.24) is 5.32 Å². The minimum atomic E-state index is 0.923. The predicted octanol–water partition coefficient (Wildman–Crippen LogP) is 1.95. The summed E-state index contributed by atoms with van der Waals surface area (Å²) in [7, 11) is 0. The van der Waals surface area contributed by atoms with E-state index in [9.17, 15) is 0 Å². The van der Waals surface area contributed by atoms with Gasteiger partial charge in [0.15, 0.2) is 0 Å². The molecule has 1 saturated heterocycles. The van der Waals surface area contributed by atoms with Crippen LogP contribution in [0.15, 0.2) is 12.7 Å². The maximum absolute atomic E-state index is 3.72. The second-order valence-electron chi connectivity index (χ2n) is 3.08. The largest absolute Gasteiger partial charge is 0.316 e. The molecule has 0 bridgehead atoms. The minimum Gasteiger partial charge on any atom is -0.316 e. The molecule has 0 radical (unpaired) electrons. The maximum atomic E-state index is 3.72. The van der Waals surface area contributed by atoms with Crippen molar-refractivity contribution in [2.24, 2.45) is 5.92 Å². The second-order valence-corrected chi connectivity index (χ2v) is 3.08. The number of nitrogens with one attached hydrogen (secondary N) is 1. The Morgan fingerprint density at radius 2 is 2.50 bits per heavy atom. The van der Waals surface area contributed by atoms with Gasteiger partial charge in [0.05, 0.1) is 0 Å². The van der Waals surface area contributed by atoms with Crippen LogP contribution in [-0.2, 0) is 0 Å². The van der Waals surface area contributed by atoms with Crippen molar-refractivity contribution in [3.63, 3.8) is 0 Å². The molecule has 1 fully saturated rings. The van der Waals surface area contributed by atoms with Gasteiger partial charge in [0.1, 0.15) is 0 Å². The molecule has 1 aliphatic rings. The Hall–Kier alpha value is -0.300. The van der Waals surface area contributed by atoms with E-state index in [4.69, 9.17) is 0 Å². The lowest BCUT2D eigenvalue weighted by Crippen LogP contribution is -2.29. The molecule has 0 amide bonds. The van der Waals surface area contributed by atoms with Crippen LogP contribution in [0.3, 0.4) is 0 Å². The van der Waals surface area contributed by atoms with Gasteiger partial charge in [-0.1, -0.05) is 6.08 Å². The summed E-state index contributed by atoms with van der Waals surface area (Å²) in [5.74, 6) is 0.923. The molecule has 0 aromatic rings. The first-order chi connectivity index (χ1) is 4.93. The van der Waals surface area contributed by atoms with Crippen LogP contribution < -0.4 is 5.32 Å². The van der Waals surface area contributed by atoms with Crippen molar-refractivity contribution in [3.8, 4) is 0 Å². The Kier molecular flexibility index (Phi) is 3.52. The van der Waals surface area contributed by atoms with Crippen LogP contribution in [-0.4, -0.2) is 13.1 Å². The monoisotopic (exact) mass is 139 g/mol. The molecule has 58 valence electrons. The number of hydrogen-bond donors (Lipinski definition) is 1. The minimum absolute atomic E-state index is 0.923. The Labute approximate surface area is 63.5 Å². The van der Waals surface area contributed by atoms with Gasteiger partial charge in [-0.3, -0.25) is 0 Å². The first-order valence-corrected chi connectivity index (χ1v) is 4.25. The van der Waals surface area contributed by atoms with Crippen molar-refractivity contribution in [1.29, 1.82) is 0 Å². The van der Waals surface area contributed by atoms with Crippen molar-refractivity contribution in [2.75, 3.05) is 13.1 Å². The molecule has 0 aromatic heterocycles. The van der Waals surface area contributed by atoms with Crippen molar-refractivity contribution in [3.05, 3.63) is 12.7 Å². The quantitative estimate of drug-likeness (QED) is 0.589. The lowest BCUT2D eigenvalue weighted by molar-refractivity contribution is 0.360. The molecule has 1 atom stereocenters. The molecule has 1 nitrogen and oxygen atoms in total. The van der Waals surface area contributed by atoms with Gasteiger partial charge in [-0.25, -0.2) is 0 Å². The smallest absolute Gasteiger partial charge is 0.00204 e. The van der Waals surface area contributed by atoms with E-state index in [1.165, 1.54) is 38.8 Å². The molecule has 1 heteroatoms. The van der Waals surface area contributed by atoms with Crippen LogP contribution in [0.5, 0.6) is 0 Å². The standard InChI is InChI=1S/C9H17N/c1-2-3-5-9-6-4-7-10-8-9/h2,9-10H,1,3-8H2. The number of allylic oxidation sites excluding steroid dienone is 1. The third-order valence-electron chi connectivity index (χ3n) is 2.18. The second kappa shape index (κ2) is 4.51. The van der Waals surface area contributed by atoms with Crippen LogP contribution in [0.4, 0.5) is 0 Å². The van der Waals surface area contributed by atoms with E-state index in [0.29, 0.717) is 0 Å². The van der Waals surface area contributed by atoms with E-state index in [-0.39, 0.29) is 0 Å². The van der Waals surface area contributed by atoms with Gasteiger partial charge in [-0.15, -0.1) is 6.58 Å². The molecule has 1 aliphatic heterocycles. The molecule has 1 rings (SSSR count). The van der Waals surface area contributed by atoms with Gasteiger partial charge in [0.2, 0.25) is 0 Å². The van der Waals surface area contributed by atoms with Crippen LogP contribution in [0, 0.1) is 5.92 Å². The third-order valence-corrected chi connectivity index (χ3v) is 2.18. The zero-order chi connectivity index (χ0) is 7.23. The van der Waals surface area contributed by atoms with E-state index >= 15 is 0 Å². The number of piperidine rings is 1. The van der Waals surface area contributed by atoms with E-state index in [0.717, 1.165) is 5.92 Å². The Bertz CT molecular complexity index is 92.9. The zero-order valence-electron chi connectivity index (χ0n) is 6.60. The summed E-state index contributed by atoms with van der Waals surface area (Å²) in [5.41, 5.74) is 0. The average molecular weight is 139 g/mol. The molecular weight excluding hydrogens is 122 g/mol. The fourth-order valence-corrected chi connectivity index (χ4v) is 1.52. The van der Waals surface area contributed by atoms with Crippen LogP contribution >= 0.6 is 0 Å². The van der Waals surface area contributed by atoms with Crippen molar-refractivity contribution in [2.45, 2.75) is 25.7 Å². The van der Waals surface area contributed by atoms with E-state index < -0.39 is 0 Å². The lowest BCUT2D eigenvalue weighted by atomic mass is 9.95. The summed E-state index contributed by atoms with van der Waals surface area (Å²) in [6, 6.07) is 0. The first kappa shape index (κ1) is 7.80. The van der Waals surface area contributed by atoms with Crippen molar-refractivity contribution < 1.29 is 0 Å². The number of rotatable bonds is 3. The van der Waals surface area contributed by atoms with Gasteiger partial charge in [-0.05, 0) is 44.7 Å². The summed E-state index contributed by atoms with van der Waals surface area (Å²) < 4.78 is 0. The highest BCUT2D eigenvalue weighted by Gasteiger charge is 2.10. The molecule has 0 spiro atoms. The lowest BCUT2D eigenvalue weighted by Gasteiger charge is -2.21. The molecule has 0 saturated carbocycles. The van der Waals surface area contributed by atoms with E-state index in [2.05, 4.69) is 11.9 Å².